The normalized spacial score (nSPS) is 12.2. The van der Waals surface area contributed by atoms with Crippen LogP contribution in [-0.4, -0.2) is 17.9 Å². The number of hydrogen-bond acceptors (Lipinski definition) is 5. The van der Waals surface area contributed by atoms with Gasteiger partial charge < -0.3 is 19.3 Å². The molecular weight excluding hydrogens is 346 g/mol. The molecule has 3 aromatic rings. The lowest BCUT2D eigenvalue weighted by Gasteiger charge is -2.04. The summed E-state index contributed by atoms with van der Waals surface area (Å²) in [5, 5.41) is 6.34. The summed E-state index contributed by atoms with van der Waals surface area (Å²) in [4.78, 5) is 12.0. The Bertz CT molecular complexity index is 987. The molecule has 1 aliphatic rings. The summed E-state index contributed by atoms with van der Waals surface area (Å²) in [5.41, 5.74) is 1.29. The largest absolute Gasteiger partial charge is 0.454 e. The second-order valence-corrected chi connectivity index (χ2v) is 5.60. The number of amides is 1. The second kappa shape index (κ2) is 6.47. The molecule has 0 aliphatic carbocycles. The molecule has 1 aliphatic heterocycles. The van der Waals surface area contributed by atoms with Crippen molar-refractivity contribution in [1.29, 1.82) is 0 Å². The predicted molar refractivity (Wildman–Crippen MR) is 86.8 cm³/mol. The van der Waals surface area contributed by atoms with Gasteiger partial charge in [-0.3, -0.25) is 4.79 Å². The van der Waals surface area contributed by atoms with Gasteiger partial charge in [0, 0.05) is 23.4 Å². The summed E-state index contributed by atoms with van der Waals surface area (Å²) >= 11 is 0. The first-order valence-corrected chi connectivity index (χ1v) is 7.69. The molecule has 4 rings (SSSR count). The van der Waals surface area contributed by atoms with Crippen LogP contribution < -0.4 is 14.8 Å². The third-order valence-electron chi connectivity index (χ3n) is 3.76. The van der Waals surface area contributed by atoms with Crippen molar-refractivity contribution < 1.29 is 27.6 Å². The quantitative estimate of drug-likeness (QED) is 0.772. The van der Waals surface area contributed by atoms with Crippen molar-refractivity contribution in [3.63, 3.8) is 0 Å². The van der Waals surface area contributed by atoms with Gasteiger partial charge in [0.2, 0.25) is 12.7 Å². The summed E-state index contributed by atoms with van der Waals surface area (Å²) in [5.74, 6) is -0.710. The number of carbonyl (C=O) groups is 1. The Morgan fingerprint density at radius 1 is 1.04 bits per heavy atom. The van der Waals surface area contributed by atoms with Crippen LogP contribution in [0, 0.1) is 11.6 Å². The van der Waals surface area contributed by atoms with Crippen LogP contribution in [0.5, 0.6) is 11.5 Å². The first-order valence-electron chi connectivity index (χ1n) is 7.69. The molecule has 0 saturated carbocycles. The van der Waals surface area contributed by atoms with Crippen LogP contribution in [0.4, 0.5) is 14.5 Å². The molecule has 1 N–H and O–H groups in total. The maximum atomic E-state index is 13.2. The summed E-state index contributed by atoms with van der Waals surface area (Å²) in [7, 11) is 0. The predicted octanol–water partition coefficient (Wildman–Crippen LogP) is 3.53. The van der Waals surface area contributed by atoms with Gasteiger partial charge in [0.05, 0.1) is 12.1 Å². The number of nitrogens with one attached hydrogen (secondary N) is 1. The Balaban J connectivity index is 1.44. The molecule has 0 unspecified atom stereocenters. The number of halogens is 2. The molecule has 8 heteroatoms. The fraction of sp³-hybridized carbons (Fsp3) is 0.111. The number of aromatic nitrogens is 1. The van der Waals surface area contributed by atoms with Crippen LogP contribution in [0.3, 0.4) is 0 Å². The van der Waals surface area contributed by atoms with Crippen LogP contribution in [-0.2, 0) is 11.2 Å². The Kier molecular flexibility index (Phi) is 4.00. The zero-order valence-corrected chi connectivity index (χ0v) is 13.3. The molecule has 6 nitrogen and oxygen atoms in total. The number of ether oxygens (including phenoxy) is 2. The summed E-state index contributed by atoms with van der Waals surface area (Å²) < 4.78 is 41.9. The maximum Gasteiger partial charge on any atom is 0.231 e. The van der Waals surface area contributed by atoms with E-state index in [1.165, 1.54) is 6.07 Å². The average molecular weight is 358 g/mol. The molecule has 1 aromatic heterocycles. The fourth-order valence-electron chi connectivity index (χ4n) is 2.52. The minimum Gasteiger partial charge on any atom is -0.454 e. The molecule has 0 atom stereocenters. The molecule has 2 aromatic carbocycles. The van der Waals surface area contributed by atoms with Crippen molar-refractivity contribution in [2.24, 2.45) is 0 Å². The van der Waals surface area contributed by atoms with E-state index in [0.717, 1.165) is 17.7 Å². The van der Waals surface area contributed by atoms with Crippen LogP contribution in [0.15, 0.2) is 47.0 Å². The van der Waals surface area contributed by atoms with Gasteiger partial charge in [-0.15, -0.1) is 0 Å². The van der Waals surface area contributed by atoms with Crippen LogP contribution in [0.2, 0.25) is 0 Å². The third kappa shape index (κ3) is 3.21. The van der Waals surface area contributed by atoms with E-state index in [4.69, 9.17) is 14.0 Å². The van der Waals surface area contributed by atoms with Gasteiger partial charge in [0.25, 0.3) is 0 Å². The van der Waals surface area contributed by atoms with Gasteiger partial charge in [-0.1, -0.05) is 5.16 Å². The lowest BCUT2D eigenvalue weighted by atomic mass is 10.1. The number of fused-ring (bicyclic) bond motifs is 1. The standard InChI is InChI=1S/C18H12F2N2O4/c19-13-3-2-11(6-14(13)20)21-18(23)8-12-7-16(26-22-12)10-1-4-15-17(5-10)25-9-24-15/h1-7H,8-9H2,(H,21,23). The van der Waals surface area contributed by atoms with Crippen molar-refractivity contribution in [1.82, 2.24) is 5.16 Å². The Morgan fingerprint density at radius 3 is 2.73 bits per heavy atom. The highest BCUT2D eigenvalue weighted by Gasteiger charge is 2.17. The summed E-state index contributed by atoms with van der Waals surface area (Å²) in [6.07, 6.45) is -0.0763. The SMILES string of the molecule is O=C(Cc1cc(-c2ccc3c(c2)OCO3)on1)Nc1ccc(F)c(F)c1. The van der Waals surface area contributed by atoms with E-state index in [1.807, 2.05) is 0 Å². The van der Waals surface area contributed by atoms with E-state index in [2.05, 4.69) is 10.5 Å². The maximum absolute atomic E-state index is 13.2. The second-order valence-electron chi connectivity index (χ2n) is 5.60. The van der Waals surface area contributed by atoms with Gasteiger partial charge in [-0.25, -0.2) is 8.78 Å². The van der Waals surface area contributed by atoms with Gasteiger partial charge >= 0.3 is 0 Å². The lowest BCUT2D eigenvalue weighted by Crippen LogP contribution is -2.14. The van der Waals surface area contributed by atoms with Gasteiger partial charge in [0.15, 0.2) is 28.9 Å². The number of anilines is 1. The smallest absolute Gasteiger partial charge is 0.231 e. The highest BCUT2D eigenvalue weighted by molar-refractivity contribution is 5.92. The third-order valence-corrected chi connectivity index (χ3v) is 3.76. The average Bonchev–Trinajstić information content (AvgIpc) is 3.26. The molecule has 132 valence electrons. The summed E-state index contributed by atoms with van der Waals surface area (Å²) in [6, 6.07) is 10.1. The van der Waals surface area contributed by atoms with Crippen molar-refractivity contribution in [3.8, 4) is 22.8 Å². The molecular formula is C18H12F2N2O4. The molecule has 26 heavy (non-hydrogen) atoms. The van der Waals surface area contributed by atoms with Gasteiger partial charge in [-0.2, -0.15) is 0 Å². The molecule has 0 radical (unpaired) electrons. The number of benzene rings is 2. The number of carbonyl (C=O) groups excluding carboxylic acids is 1. The topological polar surface area (TPSA) is 73.6 Å². The zero-order chi connectivity index (χ0) is 18.1. The van der Waals surface area contributed by atoms with E-state index >= 15 is 0 Å². The van der Waals surface area contributed by atoms with E-state index in [1.54, 1.807) is 24.3 Å². The Hall–Kier alpha value is -3.42. The van der Waals surface area contributed by atoms with Crippen molar-refractivity contribution in [2.45, 2.75) is 6.42 Å². The van der Waals surface area contributed by atoms with Crippen LogP contribution in [0.1, 0.15) is 5.69 Å². The fourth-order valence-corrected chi connectivity index (χ4v) is 2.52. The summed E-state index contributed by atoms with van der Waals surface area (Å²) in [6.45, 7) is 0.171. The van der Waals surface area contributed by atoms with E-state index in [-0.39, 0.29) is 18.9 Å². The monoisotopic (exact) mass is 358 g/mol. The Morgan fingerprint density at radius 2 is 1.88 bits per heavy atom. The van der Waals surface area contributed by atoms with E-state index in [0.29, 0.717) is 23.0 Å². The van der Waals surface area contributed by atoms with Crippen molar-refractivity contribution in [2.75, 3.05) is 12.1 Å². The number of rotatable bonds is 4. The molecule has 0 saturated heterocycles. The minimum absolute atomic E-state index is 0.0763. The highest BCUT2D eigenvalue weighted by Crippen LogP contribution is 2.36. The molecule has 1 amide bonds. The lowest BCUT2D eigenvalue weighted by molar-refractivity contribution is -0.115. The minimum atomic E-state index is -1.03. The first-order chi connectivity index (χ1) is 12.6. The van der Waals surface area contributed by atoms with Crippen LogP contribution >= 0.6 is 0 Å². The zero-order valence-electron chi connectivity index (χ0n) is 13.3. The Labute approximate surface area is 146 Å². The molecule has 0 spiro atoms. The van der Waals surface area contributed by atoms with E-state index < -0.39 is 17.5 Å². The molecule has 0 bridgehead atoms. The van der Waals surface area contributed by atoms with Gasteiger partial charge in [-0.05, 0) is 30.3 Å². The molecule has 2 heterocycles. The van der Waals surface area contributed by atoms with Crippen molar-refractivity contribution >= 4 is 11.6 Å². The van der Waals surface area contributed by atoms with Crippen molar-refractivity contribution in [3.05, 3.63) is 59.8 Å². The van der Waals surface area contributed by atoms with E-state index in [9.17, 15) is 13.6 Å². The number of nitrogens with zero attached hydrogens (tertiary/aromatic N) is 1. The first kappa shape index (κ1) is 16.1. The van der Waals surface area contributed by atoms with Crippen LogP contribution in [0.25, 0.3) is 11.3 Å². The van der Waals surface area contributed by atoms with Gasteiger partial charge in [0.1, 0.15) is 0 Å². The highest BCUT2D eigenvalue weighted by atomic mass is 19.2. The molecule has 0 fully saturated rings. The number of hydrogen-bond donors (Lipinski definition) is 1.